The Kier molecular flexibility index (Phi) is 5.77. The van der Waals surface area contributed by atoms with Crippen LogP contribution in [0.2, 0.25) is 0 Å². The summed E-state index contributed by atoms with van der Waals surface area (Å²) >= 11 is 0. The van der Waals surface area contributed by atoms with Gasteiger partial charge in [0.15, 0.2) is 5.65 Å². The van der Waals surface area contributed by atoms with Gasteiger partial charge in [-0.05, 0) is 100 Å². The van der Waals surface area contributed by atoms with Crippen LogP contribution in [0.4, 0.5) is 0 Å². The lowest BCUT2D eigenvalue weighted by Crippen LogP contribution is -2.42. The molecule has 1 saturated heterocycles. The number of aromatic amines is 1. The fourth-order valence-electron chi connectivity index (χ4n) is 5.79. The van der Waals surface area contributed by atoms with Gasteiger partial charge in [0.2, 0.25) is 0 Å². The van der Waals surface area contributed by atoms with E-state index in [1.807, 2.05) is 13.8 Å². The summed E-state index contributed by atoms with van der Waals surface area (Å²) in [5.41, 5.74) is 9.00. The van der Waals surface area contributed by atoms with E-state index in [-0.39, 0.29) is 0 Å². The van der Waals surface area contributed by atoms with Crippen molar-refractivity contribution in [3.8, 4) is 11.3 Å². The maximum absolute atomic E-state index is 10.2. The quantitative estimate of drug-likeness (QED) is 0.409. The largest absolute Gasteiger partial charge is 0.389 e. The molecule has 1 aliphatic heterocycles. The molecule has 2 N–H and O–H groups in total. The van der Waals surface area contributed by atoms with Crippen LogP contribution < -0.4 is 0 Å². The van der Waals surface area contributed by atoms with E-state index in [1.54, 1.807) is 6.33 Å². The lowest BCUT2D eigenvalue weighted by Gasteiger charge is -2.35. The molecule has 1 aromatic carbocycles. The summed E-state index contributed by atoms with van der Waals surface area (Å²) in [5, 5.41) is 19.9. The molecule has 0 aliphatic carbocycles. The number of pyridine rings is 1. The van der Waals surface area contributed by atoms with Crippen LogP contribution >= 0.6 is 0 Å². The number of nitrogens with zero attached hydrogens (tertiary/aromatic N) is 4. The Morgan fingerprint density at radius 3 is 2.56 bits per heavy atom. The molecule has 0 atom stereocenters. The molecular formula is C28H37N5O. The number of likely N-dealkylation sites (tertiary alicyclic amines) is 1. The highest BCUT2D eigenvalue weighted by Crippen LogP contribution is 2.39. The highest BCUT2D eigenvalue weighted by molar-refractivity contribution is 5.92. The molecular weight excluding hydrogens is 422 g/mol. The molecule has 0 radical (unpaired) electrons. The number of benzene rings is 1. The Labute approximate surface area is 202 Å². The SMILES string of the molecule is Cc1cc(-c2[nH]c3ccc(C4CCN(CC(C)(C)O)CC4)cc3c2C(C)C)c(C)n2cnnc12. The van der Waals surface area contributed by atoms with E-state index in [0.29, 0.717) is 11.8 Å². The number of fused-ring (bicyclic) bond motifs is 2. The zero-order chi connectivity index (χ0) is 24.2. The van der Waals surface area contributed by atoms with Crippen molar-refractivity contribution in [3.05, 3.63) is 53.0 Å². The zero-order valence-corrected chi connectivity index (χ0v) is 21.3. The van der Waals surface area contributed by atoms with Crippen LogP contribution in [0.25, 0.3) is 27.8 Å². The van der Waals surface area contributed by atoms with Gasteiger partial charge in [-0.2, -0.15) is 0 Å². The molecule has 34 heavy (non-hydrogen) atoms. The van der Waals surface area contributed by atoms with Gasteiger partial charge in [0.05, 0.1) is 11.3 Å². The Morgan fingerprint density at radius 1 is 1.15 bits per heavy atom. The van der Waals surface area contributed by atoms with Gasteiger partial charge in [-0.1, -0.05) is 19.9 Å². The van der Waals surface area contributed by atoms with E-state index >= 15 is 0 Å². The van der Waals surface area contributed by atoms with Gasteiger partial charge in [-0.15, -0.1) is 10.2 Å². The van der Waals surface area contributed by atoms with Crippen LogP contribution in [0.5, 0.6) is 0 Å². The van der Waals surface area contributed by atoms with E-state index < -0.39 is 5.60 Å². The first-order chi connectivity index (χ1) is 16.1. The molecule has 6 nitrogen and oxygen atoms in total. The highest BCUT2D eigenvalue weighted by Gasteiger charge is 2.26. The number of rotatable bonds is 5. The lowest BCUT2D eigenvalue weighted by atomic mass is 9.87. The number of hydrogen-bond donors (Lipinski definition) is 2. The standard InChI is InChI=1S/C28H37N5O/c1-17(2)25-23-14-21(20-9-11-32(12-10-20)15-28(5,6)34)7-8-24(23)30-26(25)22-13-18(3)27-31-29-16-33(27)19(22)4/h7-8,13-14,16-17,20,30,34H,9-12,15H2,1-6H3. The molecule has 1 fully saturated rings. The minimum absolute atomic E-state index is 0.393. The fourth-order valence-corrected chi connectivity index (χ4v) is 5.79. The number of aliphatic hydroxyl groups is 1. The van der Waals surface area contributed by atoms with Crippen molar-refractivity contribution in [2.45, 2.75) is 71.8 Å². The number of aryl methyl sites for hydroxylation is 2. The molecule has 4 heterocycles. The molecule has 4 aromatic rings. The van der Waals surface area contributed by atoms with Crippen molar-refractivity contribution in [3.63, 3.8) is 0 Å². The normalized spacial score (nSPS) is 16.4. The van der Waals surface area contributed by atoms with Gasteiger partial charge in [0.25, 0.3) is 0 Å². The van der Waals surface area contributed by atoms with Crippen LogP contribution in [0.1, 0.15) is 74.8 Å². The molecule has 0 saturated carbocycles. The monoisotopic (exact) mass is 459 g/mol. The number of aromatic nitrogens is 4. The smallest absolute Gasteiger partial charge is 0.163 e. The van der Waals surface area contributed by atoms with Crippen molar-refractivity contribution >= 4 is 16.6 Å². The van der Waals surface area contributed by atoms with Crippen molar-refractivity contribution in [2.24, 2.45) is 0 Å². The molecule has 0 unspecified atom stereocenters. The molecule has 5 rings (SSSR count). The molecule has 0 bridgehead atoms. The van der Waals surface area contributed by atoms with E-state index in [9.17, 15) is 5.11 Å². The average molecular weight is 460 g/mol. The van der Waals surface area contributed by atoms with Gasteiger partial charge >= 0.3 is 0 Å². The van der Waals surface area contributed by atoms with E-state index in [2.05, 4.69) is 76.4 Å². The van der Waals surface area contributed by atoms with Crippen LogP contribution in [0, 0.1) is 13.8 Å². The van der Waals surface area contributed by atoms with E-state index in [1.165, 1.54) is 33.3 Å². The first kappa shape index (κ1) is 23.1. The maximum atomic E-state index is 10.2. The minimum atomic E-state index is -0.633. The third kappa shape index (κ3) is 4.14. The summed E-state index contributed by atoms with van der Waals surface area (Å²) in [6.07, 6.45) is 4.08. The summed E-state index contributed by atoms with van der Waals surface area (Å²) in [7, 11) is 0. The number of nitrogens with one attached hydrogen (secondary N) is 1. The Morgan fingerprint density at radius 2 is 1.88 bits per heavy atom. The van der Waals surface area contributed by atoms with Crippen LogP contribution in [-0.4, -0.2) is 54.8 Å². The van der Waals surface area contributed by atoms with Crippen molar-refractivity contribution in [1.29, 1.82) is 0 Å². The zero-order valence-electron chi connectivity index (χ0n) is 21.3. The van der Waals surface area contributed by atoms with Crippen LogP contribution in [0.15, 0.2) is 30.6 Å². The second-order valence-electron chi connectivity index (χ2n) is 11.1. The molecule has 0 spiro atoms. The average Bonchev–Trinajstić information content (AvgIpc) is 3.40. The third-order valence-corrected chi connectivity index (χ3v) is 7.39. The number of H-pyrrole nitrogens is 1. The van der Waals surface area contributed by atoms with Crippen LogP contribution in [-0.2, 0) is 0 Å². The van der Waals surface area contributed by atoms with Crippen molar-refractivity contribution < 1.29 is 5.11 Å². The summed E-state index contributed by atoms with van der Waals surface area (Å²) in [6, 6.07) is 9.25. The van der Waals surface area contributed by atoms with Crippen LogP contribution in [0.3, 0.4) is 0 Å². The lowest BCUT2D eigenvalue weighted by molar-refractivity contribution is 0.0282. The summed E-state index contributed by atoms with van der Waals surface area (Å²) in [5.74, 6) is 0.960. The van der Waals surface area contributed by atoms with Gasteiger partial charge in [0.1, 0.15) is 6.33 Å². The second-order valence-corrected chi connectivity index (χ2v) is 11.1. The summed E-state index contributed by atoms with van der Waals surface area (Å²) in [4.78, 5) is 6.16. The fraction of sp³-hybridized carbons (Fsp3) is 0.500. The summed E-state index contributed by atoms with van der Waals surface area (Å²) < 4.78 is 2.09. The summed E-state index contributed by atoms with van der Waals surface area (Å²) in [6.45, 7) is 15.4. The number of β-amino-alcohol motifs (C(OH)–C–C–N with tert-alkyl or cyclic N) is 1. The van der Waals surface area contributed by atoms with Crippen molar-refractivity contribution in [1.82, 2.24) is 24.5 Å². The van der Waals surface area contributed by atoms with Gasteiger partial charge in [0, 0.05) is 28.7 Å². The molecule has 180 valence electrons. The molecule has 0 amide bonds. The van der Waals surface area contributed by atoms with Gasteiger partial charge in [-0.25, -0.2) is 0 Å². The third-order valence-electron chi connectivity index (χ3n) is 7.39. The van der Waals surface area contributed by atoms with E-state index in [4.69, 9.17) is 0 Å². The topological polar surface area (TPSA) is 69.5 Å². The van der Waals surface area contributed by atoms with Crippen molar-refractivity contribution in [2.75, 3.05) is 19.6 Å². The maximum Gasteiger partial charge on any atom is 0.163 e. The Balaban J connectivity index is 1.52. The minimum Gasteiger partial charge on any atom is -0.389 e. The number of piperidine rings is 1. The first-order valence-electron chi connectivity index (χ1n) is 12.5. The van der Waals surface area contributed by atoms with Gasteiger partial charge in [-0.3, -0.25) is 4.40 Å². The van der Waals surface area contributed by atoms with Gasteiger partial charge < -0.3 is 15.0 Å². The van der Waals surface area contributed by atoms with E-state index in [0.717, 1.165) is 49.4 Å². The Bertz CT molecular complexity index is 1330. The predicted molar refractivity (Wildman–Crippen MR) is 139 cm³/mol. The molecule has 1 aliphatic rings. The Hall–Kier alpha value is -2.70. The second kappa shape index (κ2) is 8.51. The highest BCUT2D eigenvalue weighted by atomic mass is 16.3. The molecule has 6 heteroatoms. The number of hydrogen-bond acceptors (Lipinski definition) is 4. The molecule has 3 aromatic heterocycles. The first-order valence-corrected chi connectivity index (χ1v) is 12.5. The predicted octanol–water partition coefficient (Wildman–Crippen LogP) is 5.57.